The summed E-state index contributed by atoms with van der Waals surface area (Å²) in [6.07, 6.45) is 7.33. The number of methoxy groups -OCH3 is 1. The first-order valence-electron chi connectivity index (χ1n) is 4.22. The van der Waals surface area contributed by atoms with Crippen molar-refractivity contribution in [1.29, 1.82) is 0 Å². The normalized spacial score (nSPS) is 19.0. The smallest absolute Gasteiger partial charge is 0.107 e. The number of ether oxygens (including phenoxy) is 1. The third-order valence-corrected chi connectivity index (χ3v) is 1.96. The average Bonchev–Trinajstić information content (AvgIpc) is 2.07. The predicted octanol–water partition coefficient (Wildman–Crippen LogP) is 2.03. The van der Waals surface area contributed by atoms with Gasteiger partial charge in [-0.3, -0.25) is 0 Å². The van der Waals surface area contributed by atoms with Crippen LogP contribution in [-0.2, 0) is 4.74 Å². The van der Waals surface area contributed by atoms with Crippen molar-refractivity contribution in [3.05, 3.63) is 6.42 Å². The van der Waals surface area contributed by atoms with Crippen molar-refractivity contribution in [3.63, 3.8) is 0 Å². The van der Waals surface area contributed by atoms with Crippen molar-refractivity contribution < 1.29 is 4.74 Å². The molecule has 1 nitrogen and oxygen atoms in total. The second-order valence-corrected chi connectivity index (χ2v) is 2.89. The molecule has 0 aromatic rings. The zero-order valence-electron chi connectivity index (χ0n) is 7.10. The molecule has 1 fully saturated rings. The fourth-order valence-electron chi connectivity index (χ4n) is 1.33. The maximum absolute atomic E-state index is 4.85. The third-order valence-electron chi connectivity index (χ3n) is 1.96. The van der Waals surface area contributed by atoms with Crippen LogP contribution in [-0.4, -0.2) is 13.7 Å². The van der Waals surface area contributed by atoms with Gasteiger partial charge in [0.25, 0.3) is 0 Å². The van der Waals surface area contributed by atoms with Crippen LogP contribution in [0.15, 0.2) is 0 Å². The van der Waals surface area contributed by atoms with Crippen LogP contribution in [0.2, 0.25) is 0 Å². The van der Waals surface area contributed by atoms with E-state index in [2.05, 4.69) is 18.3 Å². The summed E-state index contributed by atoms with van der Waals surface area (Å²) in [5, 5.41) is 0. The highest BCUT2D eigenvalue weighted by Crippen LogP contribution is 2.21. The van der Waals surface area contributed by atoms with E-state index in [0.717, 1.165) is 0 Å². The molecule has 61 valence electrons. The molecule has 0 saturated heterocycles. The standard InChI is InChI=1S/C10H15O/c1-11-9-5-8-10-6-3-2-4-7-10/h2,10H,3-4,6-7,9H2,1H3. The number of hydrogen-bond acceptors (Lipinski definition) is 1. The third kappa shape index (κ3) is 3.43. The molecule has 1 rings (SSSR count). The highest BCUT2D eigenvalue weighted by Gasteiger charge is 2.09. The fourth-order valence-corrected chi connectivity index (χ4v) is 1.33. The van der Waals surface area contributed by atoms with Gasteiger partial charge in [0, 0.05) is 13.0 Å². The fraction of sp³-hybridized carbons (Fsp3) is 0.700. The van der Waals surface area contributed by atoms with E-state index in [9.17, 15) is 0 Å². The minimum absolute atomic E-state index is 0.584. The Balaban J connectivity index is 2.19. The first-order valence-corrected chi connectivity index (χ1v) is 4.22. The molecule has 1 radical (unpaired) electrons. The van der Waals surface area contributed by atoms with Crippen molar-refractivity contribution in [2.24, 2.45) is 5.92 Å². The molecule has 0 amide bonds. The Hall–Kier alpha value is -0.480. The van der Waals surface area contributed by atoms with Crippen molar-refractivity contribution >= 4 is 0 Å². The summed E-state index contributed by atoms with van der Waals surface area (Å²) >= 11 is 0. The Bertz CT molecular complexity index is 146. The zero-order chi connectivity index (χ0) is 7.94. The molecule has 0 spiro atoms. The minimum atomic E-state index is 0.584. The van der Waals surface area contributed by atoms with E-state index in [1.165, 1.54) is 25.7 Å². The molecule has 0 atom stereocenters. The largest absolute Gasteiger partial charge is 0.372 e. The number of rotatable bonds is 1. The summed E-state index contributed by atoms with van der Waals surface area (Å²) in [5.74, 6) is 6.88. The Morgan fingerprint density at radius 2 is 2.18 bits per heavy atom. The van der Waals surface area contributed by atoms with Gasteiger partial charge in [-0.2, -0.15) is 0 Å². The van der Waals surface area contributed by atoms with Gasteiger partial charge < -0.3 is 4.74 Å². The van der Waals surface area contributed by atoms with E-state index in [4.69, 9.17) is 4.74 Å². The van der Waals surface area contributed by atoms with Crippen molar-refractivity contribution in [2.75, 3.05) is 13.7 Å². The molecular formula is C10H15O. The molecule has 11 heavy (non-hydrogen) atoms. The molecule has 0 unspecified atom stereocenters. The van der Waals surface area contributed by atoms with Crippen molar-refractivity contribution in [1.82, 2.24) is 0 Å². The summed E-state index contributed by atoms with van der Waals surface area (Å²) in [4.78, 5) is 0. The molecule has 1 heteroatoms. The van der Waals surface area contributed by atoms with Crippen LogP contribution in [0.3, 0.4) is 0 Å². The van der Waals surface area contributed by atoms with Crippen LogP contribution < -0.4 is 0 Å². The summed E-state index contributed by atoms with van der Waals surface area (Å²) in [7, 11) is 1.68. The van der Waals surface area contributed by atoms with E-state index in [-0.39, 0.29) is 0 Å². The molecule has 1 aliphatic rings. The summed E-state index contributed by atoms with van der Waals surface area (Å²) < 4.78 is 4.85. The summed E-state index contributed by atoms with van der Waals surface area (Å²) in [6, 6.07) is 0. The summed E-state index contributed by atoms with van der Waals surface area (Å²) in [6.45, 7) is 0.584. The quantitative estimate of drug-likeness (QED) is 0.521. The Morgan fingerprint density at radius 3 is 2.82 bits per heavy atom. The van der Waals surface area contributed by atoms with Gasteiger partial charge in [-0.25, -0.2) is 0 Å². The molecule has 0 aromatic carbocycles. The predicted molar refractivity (Wildman–Crippen MR) is 45.9 cm³/mol. The molecule has 0 N–H and O–H groups in total. The topological polar surface area (TPSA) is 9.23 Å². The molecule has 0 aromatic heterocycles. The minimum Gasteiger partial charge on any atom is -0.372 e. The lowest BCUT2D eigenvalue weighted by molar-refractivity contribution is 0.239. The highest BCUT2D eigenvalue weighted by atomic mass is 16.5. The van der Waals surface area contributed by atoms with E-state index >= 15 is 0 Å². The Labute approximate surface area is 69.1 Å². The van der Waals surface area contributed by atoms with Crippen LogP contribution >= 0.6 is 0 Å². The Morgan fingerprint density at radius 1 is 1.45 bits per heavy atom. The molecule has 1 aliphatic carbocycles. The average molecular weight is 151 g/mol. The SMILES string of the molecule is COCC#CC1CC[CH]CC1. The van der Waals surface area contributed by atoms with Gasteiger partial charge in [-0.1, -0.05) is 11.8 Å². The van der Waals surface area contributed by atoms with Crippen molar-refractivity contribution in [2.45, 2.75) is 25.7 Å². The van der Waals surface area contributed by atoms with Crippen molar-refractivity contribution in [3.8, 4) is 11.8 Å². The van der Waals surface area contributed by atoms with Gasteiger partial charge >= 0.3 is 0 Å². The molecule has 0 bridgehead atoms. The van der Waals surface area contributed by atoms with E-state index in [0.29, 0.717) is 12.5 Å². The first kappa shape index (κ1) is 8.62. The van der Waals surface area contributed by atoms with E-state index in [1.807, 2.05) is 0 Å². The molecule has 0 heterocycles. The van der Waals surface area contributed by atoms with Gasteiger partial charge in [0.1, 0.15) is 6.61 Å². The zero-order valence-corrected chi connectivity index (χ0v) is 7.10. The van der Waals surface area contributed by atoms with Gasteiger partial charge in [-0.15, -0.1) is 0 Å². The Kier molecular flexibility index (Phi) is 4.08. The van der Waals surface area contributed by atoms with Crippen LogP contribution in [0.4, 0.5) is 0 Å². The van der Waals surface area contributed by atoms with Crippen LogP contribution in [0.5, 0.6) is 0 Å². The van der Waals surface area contributed by atoms with Crippen LogP contribution in [0.1, 0.15) is 25.7 Å². The molecular weight excluding hydrogens is 136 g/mol. The summed E-state index contributed by atoms with van der Waals surface area (Å²) in [5.41, 5.74) is 0. The van der Waals surface area contributed by atoms with Gasteiger partial charge in [0.05, 0.1) is 0 Å². The maximum atomic E-state index is 4.85. The molecule has 0 aliphatic heterocycles. The second-order valence-electron chi connectivity index (χ2n) is 2.89. The van der Waals surface area contributed by atoms with Crippen LogP contribution in [0.25, 0.3) is 0 Å². The monoisotopic (exact) mass is 151 g/mol. The van der Waals surface area contributed by atoms with Gasteiger partial charge in [0.15, 0.2) is 0 Å². The maximum Gasteiger partial charge on any atom is 0.107 e. The van der Waals surface area contributed by atoms with E-state index in [1.54, 1.807) is 7.11 Å². The lowest BCUT2D eigenvalue weighted by Gasteiger charge is -2.15. The van der Waals surface area contributed by atoms with Gasteiger partial charge in [0.2, 0.25) is 0 Å². The lowest BCUT2D eigenvalue weighted by atomic mass is 9.90. The van der Waals surface area contributed by atoms with Gasteiger partial charge in [-0.05, 0) is 32.1 Å². The first-order chi connectivity index (χ1) is 5.43. The highest BCUT2D eigenvalue weighted by molar-refractivity contribution is 5.05. The lowest BCUT2D eigenvalue weighted by Crippen LogP contribution is -2.03. The second kappa shape index (κ2) is 5.21. The van der Waals surface area contributed by atoms with Crippen LogP contribution in [0, 0.1) is 24.2 Å². The molecule has 1 saturated carbocycles. The number of hydrogen-bond donors (Lipinski definition) is 0. The van der Waals surface area contributed by atoms with E-state index < -0.39 is 0 Å².